The minimum absolute atomic E-state index is 0.575. The molecule has 0 aliphatic heterocycles. The lowest BCUT2D eigenvalue weighted by Crippen LogP contribution is -2.00. The van der Waals surface area contributed by atoms with Crippen LogP contribution < -0.4 is 0 Å². The summed E-state index contributed by atoms with van der Waals surface area (Å²) in [5, 5.41) is 8.61. The maximum Gasteiger partial charge on any atom is 0.164 e. The number of para-hydroxylation sites is 1. The molecule has 0 fully saturated rings. The number of rotatable bonds is 5. The van der Waals surface area contributed by atoms with Crippen molar-refractivity contribution in [3.05, 3.63) is 188 Å². The zero-order valence-corrected chi connectivity index (χ0v) is 31.1. The largest absolute Gasteiger partial charge is 0.456 e. The molecule has 0 saturated heterocycles. The van der Waals surface area contributed by atoms with E-state index >= 15 is 0 Å². The van der Waals surface area contributed by atoms with Gasteiger partial charge in [-0.2, -0.15) is 0 Å². The summed E-state index contributed by atoms with van der Waals surface area (Å²) in [5.74, 6) is 1.75. The Morgan fingerprint density at radius 2 is 0.828 bits per heavy atom. The van der Waals surface area contributed by atoms with Crippen molar-refractivity contribution in [2.45, 2.75) is 0 Å². The van der Waals surface area contributed by atoms with Gasteiger partial charge in [-0.1, -0.05) is 133 Å². The molecule has 5 heteroatoms. The summed E-state index contributed by atoms with van der Waals surface area (Å²) in [4.78, 5) is 15.7. The van der Waals surface area contributed by atoms with Gasteiger partial charge in [0.1, 0.15) is 22.3 Å². The van der Waals surface area contributed by atoms with Gasteiger partial charge in [0, 0.05) is 38.2 Å². The molecule has 0 bridgehead atoms. The van der Waals surface area contributed by atoms with Crippen LogP contribution in [0.15, 0.2) is 197 Å². The Hall–Kier alpha value is -7.89. The minimum Gasteiger partial charge on any atom is -0.456 e. The van der Waals surface area contributed by atoms with Gasteiger partial charge in [0.15, 0.2) is 17.5 Å². The van der Waals surface area contributed by atoms with Gasteiger partial charge < -0.3 is 8.83 Å². The van der Waals surface area contributed by atoms with Crippen molar-refractivity contribution in [2.24, 2.45) is 0 Å². The molecule has 0 radical (unpaired) electrons. The van der Waals surface area contributed by atoms with E-state index in [1.165, 1.54) is 5.56 Å². The molecule has 0 N–H and O–H groups in total. The Labute approximate surface area is 332 Å². The van der Waals surface area contributed by atoms with E-state index < -0.39 is 0 Å². The number of nitrogens with zero attached hydrogens (tertiary/aromatic N) is 3. The second kappa shape index (κ2) is 12.8. The molecule has 0 amide bonds. The number of hydrogen-bond donors (Lipinski definition) is 0. The fourth-order valence-electron chi connectivity index (χ4n) is 8.38. The van der Waals surface area contributed by atoms with Gasteiger partial charge in [0.25, 0.3) is 0 Å². The summed E-state index contributed by atoms with van der Waals surface area (Å²) < 4.78 is 12.8. The Bertz CT molecular complexity index is 3570. The fraction of sp³-hybridized carbons (Fsp3) is 0. The second-order valence-corrected chi connectivity index (χ2v) is 14.8. The summed E-state index contributed by atoms with van der Waals surface area (Å²) in [6.07, 6.45) is 0. The van der Waals surface area contributed by atoms with E-state index in [0.717, 1.165) is 98.8 Å². The smallest absolute Gasteiger partial charge is 0.164 e. The van der Waals surface area contributed by atoms with Crippen molar-refractivity contribution >= 4 is 65.4 Å². The third kappa shape index (κ3) is 5.36. The van der Waals surface area contributed by atoms with Crippen LogP contribution in [0.4, 0.5) is 0 Å². The molecular weight excluding hydrogens is 711 g/mol. The van der Waals surface area contributed by atoms with Crippen molar-refractivity contribution in [3.63, 3.8) is 0 Å². The zero-order chi connectivity index (χ0) is 38.2. The average molecular weight is 742 g/mol. The Morgan fingerprint density at radius 1 is 0.276 bits per heavy atom. The van der Waals surface area contributed by atoms with Crippen LogP contribution in [0.2, 0.25) is 0 Å². The van der Waals surface area contributed by atoms with Crippen LogP contribution in [0.25, 0.3) is 122 Å². The molecule has 12 aromatic rings. The molecule has 5 nitrogen and oxygen atoms in total. The Morgan fingerprint density at radius 3 is 1.59 bits per heavy atom. The van der Waals surface area contributed by atoms with Crippen molar-refractivity contribution in [1.29, 1.82) is 0 Å². The lowest BCUT2D eigenvalue weighted by atomic mass is 9.99. The highest BCUT2D eigenvalue weighted by Gasteiger charge is 2.19. The third-order valence-corrected chi connectivity index (χ3v) is 11.3. The molecule has 0 unspecified atom stereocenters. The fourth-order valence-corrected chi connectivity index (χ4v) is 8.38. The van der Waals surface area contributed by atoms with Crippen LogP contribution in [0, 0.1) is 0 Å². The Kier molecular flexibility index (Phi) is 7.16. The topological polar surface area (TPSA) is 65.0 Å². The van der Waals surface area contributed by atoms with E-state index in [1.54, 1.807) is 0 Å². The van der Waals surface area contributed by atoms with Crippen LogP contribution in [0.5, 0.6) is 0 Å². The molecule has 0 aliphatic carbocycles. The predicted molar refractivity (Wildman–Crippen MR) is 237 cm³/mol. The van der Waals surface area contributed by atoms with Crippen LogP contribution in [-0.2, 0) is 0 Å². The van der Waals surface area contributed by atoms with Crippen LogP contribution in [0.3, 0.4) is 0 Å². The van der Waals surface area contributed by atoms with Crippen LogP contribution in [0.1, 0.15) is 0 Å². The van der Waals surface area contributed by atoms with Crippen molar-refractivity contribution < 1.29 is 8.83 Å². The summed E-state index contributed by atoms with van der Waals surface area (Å²) in [6.45, 7) is 0. The number of hydrogen-bond acceptors (Lipinski definition) is 5. The summed E-state index contributed by atoms with van der Waals surface area (Å²) in [7, 11) is 0. The van der Waals surface area contributed by atoms with Gasteiger partial charge in [0.2, 0.25) is 0 Å². The Balaban J connectivity index is 1.05. The van der Waals surface area contributed by atoms with Crippen LogP contribution >= 0.6 is 0 Å². The molecule has 58 heavy (non-hydrogen) atoms. The summed E-state index contributed by atoms with van der Waals surface area (Å²) in [6, 6.07) is 65.3. The molecule has 0 atom stereocenters. The van der Waals surface area contributed by atoms with Gasteiger partial charge in [0.05, 0.1) is 0 Å². The van der Waals surface area contributed by atoms with E-state index in [1.807, 2.05) is 42.5 Å². The van der Waals surface area contributed by atoms with Gasteiger partial charge in [-0.3, -0.25) is 0 Å². The first-order valence-corrected chi connectivity index (χ1v) is 19.4. The van der Waals surface area contributed by atoms with E-state index in [9.17, 15) is 0 Å². The SMILES string of the molecule is c1ccc(-c2ccc3ccc(-c4nc(-c5ccc6cc7c(cc6c5)oc5ccccc57)nc(-c5cccc6oc7cc(-c8ccccc8)ccc7c56)n4)cc3c2)cc1. The molecule has 0 aliphatic rings. The van der Waals surface area contributed by atoms with Gasteiger partial charge in [-0.05, 0) is 98.4 Å². The maximum absolute atomic E-state index is 6.53. The number of benzene rings is 9. The number of furan rings is 2. The normalized spacial score (nSPS) is 11.8. The lowest BCUT2D eigenvalue weighted by Gasteiger charge is -2.11. The van der Waals surface area contributed by atoms with E-state index in [-0.39, 0.29) is 0 Å². The molecule has 3 aromatic heterocycles. The van der Waals surface area contributed by atoms with Gasteiger partial charge in [-0.15, -0.1) is 0 Å². The first kappa shape index (κ1) is 32.4. The van der Waals surface area contributed by atoms with Gasteiger partial charge in [-0.25, -0.2) is 15.0 Å². The van der Waals surface area contributed by atoms with Crippen molar-refractivity contribution in [3.8, 4) is 56.4 Å². The highest BCUT2D eigenvalue weighted by atomic mass is 16.3. The van der Waals surface area contributed by atoms with Crippen LogP contribution in [-0.4, -0.2) is 15.0 Å². The number of fused-ring (bicyclic) bond motifs is 8. The highest BCUT2D eigenvalue weighted by molar-refractivity contribution is 6.13. The molecule has 12 rings (SSSR count). The molecular formula is C53H31N3O2. The maximum atomic E-state index is 6.53. The van der Waals surface area contributed by atoms with E-state index in [4.69, 9.17) is 23.8 Å². The first-order valence-electron chi connectivity index (χ1n) is 19.4. The molecule has 0 spiro atoms. The summed E-state index contributed by atoms with van der Waals surface area (Å²) >= 11 is 0. The second-order valence-electron chi connectivity index (χ2n) is 14.8. The molecule has 9 aromatic carbocycles. The van der Waals surface area contributed by atoms with Crippen molar-refractivity contribution in [1.82, 2.24) is 15.0 Å². The highest BCUT2D eigenvalue weighted by Crippen LogP contribution is 2.39. The third-order valence-electron chi connectivity index (χ3n) is 11.3. The molecule has 3 heterocycles. The standard InChI is InChI=1S/C53H31N3O2/c1-3-10-32(11-4-1)35-20-18-34-19-22-38(27-40(34)26-35)51-54-52(39-23-21-36-29-45-42-14-7-8-16-46(42)57-49(45)31-41(36)28-39)56-53(55-51)44-15-9-17-47-50(44)43-25-24-37(30-48(43)58-47)33-12-5-2-6-13-33/h1-31H. The van der Waals surface area contributed by atoms with E-state index in [0.29, 0.717) is 17.5 Å². The van der Waals surface area contributed by atoms with Gasteiger partial charge >= 0.3 is 0 Å². The average Bonchev–Trinajstić information content (AvgIpc) is 3.85. The molecule has 0 saturated carbocycles. The summed E-state index contributed by atoms with van der Waals surface area (Å²) in [5.41, 5.74) is 10.6. The first-order chi connectivity index (χ1) is 28.7. The monoisotopic (exact) mass is 741 g/mol. The molecule has 270 valence electrons. The minimum atomic E-state index is 0.575. The number of aromatic nitrogens is 3. The lowest BCUT2D eigenvalue weighted by molar-refractivity contribution is 0.669. The van der Waals surface area contributed by atoms with Crippen molar-refractivity contribution in [2.75, 3.05) is 0 Å². The zero-order valence-electron chi connectivity index (χ0n) is 31.1. The predicted octanol–water partition coefficient (Wildman–Crippen LogP) is 14.3. The quantitative estimate of drug-likeness (QED) is 0.176. The van der Waals surface area contributed by atoms with E-state index in [2.05, 4.69) is 146 Å².